The monoisotopic (exact) mass is 423 g/mol. The molecule has 0 bridgehead atoms. The Morgan fingerprint density at radius 3 is 2.27 bits per heavy atom. The summed E-state index contributed by atoms with van der Waals surface area (Å²) < 4.78 is 20.7. The summed E-state index contributed by atoms with van der Waals surface area (Å²) >= 11 is 0. The number of methoxy groups -OCH3 is 2. The molecule has 0 saturated heterocycles. The van der Waals surface area contributed by atoms with Gasteiger partial charge in [0.15, 0.2) is 18.1 Å². The molecule has 0 aliphatic heterocycles. The van der Waals surface area contributed by atoms with Crippen LogP contribution >= 0.6 is 0 Å². The van der Waals surface area contributed by atoms with E-state index in [2.05, 4.69) is 19.2 Å². The average Bonchev–Trinajstić information content (AvgIpc) is 2.70. The zero-order valence-corrected chi connectivity index (χ0v) is 18.7. The molecule has 0 fully saturated rings. The Balaban J connectivity index is 2.66. The van der Waals surface area contributed by atoms with E-state index in [1.165, 1.54) is 20.3 Å². The average molecular weight is 424 g/mol. The topological polar surface area (TPSA) is 100 Å². The van der Waals surface area contributed by atoms with E-state index in [1.54, 1.807) is 12.1 Å². The van der Waals surface area contributed by atoms with E-state index in [1.807, 2.05) is 13.8 Å². The molecular weight excluding hydrogens is 390 g/mol. The number of hydrogen-bond donors (Lipinski definition) is 1. The second kappa shape index (κ2) is 12.7. The molecule has 0 aromatic heterocycles. The summed E-state index contributed by atoms with van der Waals surface area (Å²) in [5.74, 6) is -0.194. The lowest BCUT2D eigenvalue weighted by Crippen LogP contribution is -2.44. The third kappa shape index (κ3) is 8.71. The highest BCUT2D eigenvalue weighted by Crippen LogP contribution is 2.28. The predicted molar refractivity (Wildman–Crippen MR) is 112 cm³/mol. The minimum Gasteiger partial charge on any atom is -0.493 e. The number of rotatable bonds is 12. The van der Waals surface area contributed by atoms with Crippen molar-refractivity contribution in [1.82, 2.24) is 5.32 Å². The van der Waals surface area contributed by atoms with Crippen molar-refractivity contribution in [3.05, 3.63) is 23.8 Å². The molecule has 0 radical (unpaired) electrons. The predicted octanol–water partition coefficient (Wildman–Crippen LogP) is 2.98. The standard InChI is InChI=1S/C22H33NO7/c1-14(2)9-10-29-18-8-7-16(12-19(18)27-5)21(25)30-13-20(24)23-17(11-15(3)4)22(26)28-6/h7-8,12,14-15,17H,9-11,13H2,1-6H3,(H,23,24). The summed E-state index contributed by atoms with van der Waals surface area (Å²) in [6.07, 6.45) is 1.31. The second-order valence-corrected chi connectivity index (χ2v) is 7.75. The molecule has 0 heterocycles. The number of ether oxygens (including phenoxy) is 4. The number of amides is 1. The minimum absolute atomic E-state index is 0.172. The van der Waals surface area contributed by atoms with Crippen LogP contribution in [0.15, 0.2) is 18.2 Å². The minimum atomic E-state index is -0.788. The van der Waals surface area contributed by atoms with Gasteiger partial charge in [0.2, 0.25) is 0 Å². The van der Waals surface area contributed by atoms with Crippen LogP contribution in [0.1, 0.15) is 50.9 Å². The smallest absolute Gasteiger partial charge is 0.338 e. The number of benzene rings is 1. The van der Waals surface area contributed by atoms with Crippen LogP contribution in [-0.2, 0) is 19.1 Å². The molecule has 1 aromatic rings. The summed E-state index contributed by atoms with van der Waals surface area (Å²) in [4.78, 5) is 36.2. The summed E-state index contributed by atoms with van der Waals surface area (Å²) in [6, 6.07) is 3.89. The molecule has 0 spiro atoms. The summed E-state index contributed by atoms with van der Waals surface area (Å²) in [5.41, 5.74) is 0.225. The van der Waals surface area contributed by atoms with Crippen LogP contribution in [0, 0.1) is 11.8 Å². The van der Waals surface area contributed by atoms with E-state index in [0.717, 1.165) is 6.42 Å². The molecule has 8 nitrogen and oxygen atoms in total. The van der Waals surface area contributed by atoms with Crippen molar-refractivity contribution in [2.24, 2.45) is 11.8 Å². The van der Waals surface area contributed by atoms with Crippen molar-refractivity contribution in [2.75, 3.05) is 27.4 Å². The highest BCUT2D eigenvalue weighted by atomic mass is 16.5. The lowest BCUT2D eigenvalue weighted by atomic mass is 10.0. The highest BCUT2D eigenvalue weighted by Gasteiger charge is 2.23. The Hall–Kier alpha value is -2.77. The maximum atomic E-state index is 12.3. The van der Waals surface area contributed by atoms with Crippen LogP contribution in [-0.4, -0.2) is 51.3 Å². The van der Waals surface area contributed by atoms with E-state index in [4.69, 9.17) is 18.9 Å². The molecular formula is C22H33NO7. The summed E-state index contributed by atoms with van der Waals surface area (Å²) in [6.45, 7) is 8.07. The number of hydrogen-bond acceptors (Lipinski definition) is 7. The van der Waals surface area contributed by atoms with Gasteiger partial charge in [0.25, 0.3) is 5.91 Å². The van der Waals surface area contributed by atoms with Crippen LogP contribution in [0.5, 0.6) is 11.5 Å². The first-order chi connectivity index (χ1) is 14.2. The Morgan fingerprint density at radius 1 is 1.00 bits per heavy atom. The van der Waals surface area contributed by atoms with Crippen molar-refractivity contribution in [2.45, 2.75) is 46.6 Å². The van der Waals surface area contributed by atoms with Gasteiger partial charge in [0.05, 0.1) is 26.4 Å². The van der Waals surface area contributed by atoms with Gasteiger partial charge in [-0.1, -0.05) is 27.7 Å². The van der Waals surface area contributed by atoms with Gasteiger partial charge in [-0.25, -0.2) is 9.59 Å². The van der Waals surface area contributed by atoms with Gasteiger partial charge in [-0.05, 0) is 42.9 Å². The van der Waals surface area contributed by atoms with Gasteiger partial charge in [-0.15, -0.1) is 0 Å². The third-order valence-electron chi connectivity index (χ3n) is 4.21. The lowest BCUT2D eigenvalue weighted by Gasteiger charge is -2.18. The number of nitrogens with one attached hydrogen (secondary N) is 1. The van der Waals surface area contributed by atoms with Crippen molar-refractivity contribution < 1.29 is 33.3 Å². The van der Waals surface area contributed by atoms with Crippen LogP contribution in [0.2, 0.25) is 0 Å². The highest BCUT2D eigenvalue weighted by molar-refractivity contribution is 5.92. The fraction of sp³-hybridized carbons (Fsp3) is 0.591. The Bertz CT molecular complexity index is 715. The zero-order valence-electron chi connectivity index (χ0n) is 18.7. The molecule has 1 rings (SSSR count). The Kier molecular flexibility index (Phi) is 10.7. The van der Waals surface area contributed by atoms with Gasteiger partial charge in [-0.3, -0.25) is 4.79 Å². The first kappa shape index (κ1) is 25.3. The van der Waals surface area contributed by atoms with Crippen molar-refractivity contribution in [3.63, 3.8) is 0 Å². The quantitative estimate of drug-likeness (QED) is 0.516. The molecule has 1 amide bonds. The van der Waals surface area contributed by atoms with E-state index in [-0.39, 0.29) is 11.5 Å². The largest absolute Gasteiger partial charge is 0.493 e. The second-order valence-electron chi connectivity index (χ2n) is 7.75. The lowest BCUT2D eigenvalue weighted by molar-refractivity contribution is -0.145. The molecule has 0 saturated carbocycles. The SMILES string of the molecule is COC(=O)C(CC(C)C)NC(=O)COC(=O)c1ccc(OCCC(C)C)c(OC)c1. The van der Waals surface area contributed by atoms with Crippen molar-refractivity contribution in [3.8, 4) is 11.5 Å². The number of carbonyl (C=O) groups is 3. The van der Waals surface area contributed by atoms with E-state index >= 15 is 0 Å². The van der Waals surface area contributed by atoms with E-state index in [0.29, 0.717) is 30.4 Å². The summed E-state index contributed by atoms with van der Waals surface area (Å²) in [5, 5.41) is 2.53. The molecule has 1 unspecified atom stereocenters. The number of carbonyl (C=O) groups excluding carboxylic acids is 3. The molecule has 1 atom stereocenters. The van der Waals surface area contributed by atoms with Crippen LogP contribution in [0.4, 0.5) is 0 Å². The van der Waals surface area contributed by atoms with Gasteiger partial charge in [0, 0.05) is 0 Å². The first-order valence-corrected chi connectivity index (χ1v) is 10.0. The Morgan fingerprint density at radius 2 is 1.70 bits per heavy atom. The van der Waals surface area contributed by atoms with Crippen LogP contribution in [0.3, 0.4) is 0 Å². The zero-order chi connectivity index (χ0) is 22.7. The van der Waals surface area contributed by atoms with Gasteiger partial charge in [0.1, 0.15) is 6.04 Å². The Labute approximate surface area is 178 Å². The molecule has 8 heteroatoms. The van der Waals surface area contributed by atoms with Gasteiger partial charge in [-0.2, -0.15) is 0 Å². The third-order valence-corrected chi connectivity index (χ3v) is 4.21. The van der Waals surface area contributed by atoms with Crippen LogP contribution in [0.25, 0.3) is 0 Å². The van der Waals surface area contributed by atoms with E-state index < -0.39 is 30.5 Å². The first-order valence-electron chi connectivity index (χ1n) is 10.0. The van der Waals surface area contributed by atoms with Gasteiger partial charge < -0.3 is 24.3 Å². The van der Waals surface area contributed by atoms with Crippen molar-refractivity contribution in [1.29, 1.82) is 0 Å². The van der Waals surface area contributed by atoms with E-state index in [9.17, 15) is 14.4 Å². The molecule has 1 N–H and O–H groups in total. The molecule has 0 aliphatic carbocycles. The maximum Gasteiger partial charge on any atom is 0.338 e. The number of esters is 2. The van der Waals surface area contributed by atoms with Crippen LogP contribution < -0.4 is 14.8 Å². The van der Waals surface area contributed by atoms with Gasteiger partial charge >= 0.3 is 11.9 Å². The summed E-state index contributed by atoms with van der Waals surface area (Å²) in [7, 11) is 2.74. The van der Waals surface area contributed by atoms with Crippen molar-refractivity contribution >= 4 is 17.8 Å². The molecule has 1 aromatic carbocycles. The fourth-order valence-corrected chi connectivity index (χ4v) is 2.60. The molecule has 0 aliphatic rings. The maximum absolute atomic E-state index is 12.3. The normalized spacial score (nSPS) is 11.7. The fourth-order valence-electron chi connectivity index (χ4n) is 2.60. The molecule has 30 heavy (non-hydrogen) atoms. The molecule has 168 valence electrons.